The van der Waals surface area contributed by atoms with Crippen LogP contribution in [0.1, 0.15) is 21.6 Å². The number of alkyl halides is 3. The number of carbonyl (C=O) groups is 1. The van der Waals surface area contributed by atoms with Crippen LogP contribution in [0.2, 0.25) is 0 Å². The zero-order valence-electron chi connectivity index (χ0n) is 12.4. The molecule has 1 amide bonds. The number of nitrogens with zero attached hydrogens (tertiary/aromatic N) is 3. The molecular weight excluding hydrogens is 344 g/mol. The van der Waals surface area contributed by atoms with Gasteiger partial charge >= 0.3 is 6.18 Å². The van der Waals surface area contributed by atoms with E-state index in [0.29, 0.717) is 12.1 Å². The molecule has 7 nitrogen and oxygen atoms in total. The van der Waals surface area contributed by atoms with Crippen molar-refractivity contribution in [2.45, 2.75) is 12.7 Å². The lowest BCUT2D eigenvalue weighted by molar-refractivity contribution is -0.140. The van der Waals surface area contributed by atoms with Crippen molar-refractivity contribution < 1.29 is 22.4 Å². The fourth-order valence-electron chi connectivity index (χ4n) is 2.19. The topological polar surface area (TPSA) is 110 Å². The van der Waals surface area contributed by atoms with Gasteiger partial charge in [0.05, 0.1) is 5.56 Å². The lowest BCUT2D eigenvalue weighted by Gasteiger charge is -2.10. The first-order valence-electron chi connectivity index (χ1n) is 6.85. The fourth-order valence-corrected chi connectivity index (χ4v) is 2.19. The van der Waals surface area contributed by atoms with Gasteiger partial charge in [0.1, 0.15) is 23.2 Å². The van der Waals surface area contributed by atoms with E-state index in [1.165, 1.54) is 0 Å². The van der Waals surface area contributed by atoms with E-state index in [4.69, 9.17) is 5.73 Å². The Labute approximate surface area is 137 Å². The third kappa shape index (κ3) is 3.20. The molecule has 0 saturated heterocycles. The summed E-state index contributed by atoms with van der Waals surface area (Å²) in [6, 6.07) is 2.48. The summed E-state index contributed by atoms with van der Waals surface area (Å²) in [7, 11) is 0. The molecule has 2 heterocycles. The Balaban J connectivity index is 1.81. The van der Waals surface area contributed by atoms with Gasteiger partial charge in [0.15, 0.2) is 11.5 Å². The van der Waals surface area contributed by atoms with Gasteiger partial charge in [0.2, 0.25) is 0 Å². The summed E-state index contributed by atoms with van der Waals surface area (Å²) in [6.07, 6.45) is -3.71. The van der Waals surface area contributed by atoms with Gasteiger partial charge < -0.3 is 11.1 Å². The van der Waals surface area contributed by atoms with Crippen molar-refractivity contribution in [3.8, 4) is 0 Å². The smallest absolute Gasteiger partial charge is 0.380 e. The second-order valence-electron chi connectivity index (χ2n) is 5.05. The highest BCUT2D eigenvalue weighted by Crippen LogP contribution is 2.31. The van der Waals surface area contributed by atoms with Gasteiger partial charge in [-0.2, -0.15) is 18.3 Å². The number of rotatable bonds is 3. The second-order valence-corrected chi connectivity index (χ2v) is 5.05. The summed E-state index contributed by atoms with van der Waals surface area (Å²) in [6.45, 7) is -0.253. The lowest BCUT2D eigenvalue weighted by atomic mass is 10.1. The quantitative estimate of drug-likeness (QED) is 0.624. The van der Waals surface area contributed by atoms with E-state index in [1.807, 2.05) is 0 Å². The average molecular weight is 354 g/mol. The fraction of sp³-hybridized carbons (Fsp3) is 0.143. The van der Waals surface area contributed by atoms with Crippen LogP contribution >= 0.6 is 0 Å². The molecule has 0 unspecified atom stereocenters. The second kappa shape index (κ2) is 6.00. The summed E-state index contributed by atoms with van der Waals surface area (Å²) in [4.78, 5) is 19.9. The molecule has 2 aromatic heterocycles. The molecule has 3 aromatic rings. The largest absolute Gasteiger partial charge is 0.419 e. The average Bonchev–Trinajstić information content (AvgIpc) is 2.94. The van der Waals surface area contributed by atoms with Gasteiger partial charge in [0.25, 0.3) is 5.91 Å². The number of benzene rings is 1. The highest BCUT2D eigenvalue weighted by Gasteiger charge is 2.34. The van der Waals surface area contributed by atoms with Crippen molar-refractivity contribution in [1.29, 1.82) is 0 Å². The number of anilines is 1. The first kappa shape index (κ1) is 16.6. The molecule has 25 heavy (non-hydrogen) atoms. The zero-order valence-corrected chi connectivity index (χ0v) is 12.4. The Morgan fingerprint density at radius 2 is 2.04 bits per heavy atom. The number of aromatic amines is 1. The van der Waals surface area contributed by atoms with E-state index in [2.05, 4.69) is 25.5 Å². The van der Waals surface area contributed by atoms with Crippen LogP contribution in [-0.4, -0.2) is 26.1 Å². The molecule has 1 aromatic carbocycles. The number of hydrogen-bond acceptors (Lipinski definition) is 5. The van der Waals surface area contributed by atoms with Crippen LogP contribution in [0.3, 0.4) is 0 Å². The molecule has 0 fully saturated rings. The minimum absolute atomic E-state index is 0.0626. The molecule has 0 atom stereocenters. The minimum atomic E-state index is -4.82. The van der Waals surface area contributed by atoms with E-state index in [-0.39, 0.29) is 34.7 Å². The molecule has 3 rings (SSSR count). The van der Waals surface area contributed by atoms with E-state index in [1.54, 1.807) is 0 Å². The van der Waals surface area contributed by atoms with Crippen molar-refractivity contribution in [3.05, 3.63) is 47.2 Å². The maximum atomic E-state index is 13.3. The Morgan fingerprint density at radius 3 is 2.76 bits per heavy atom. The summed E-state index contributed by atoms with van der Waals surface area (Å²) < 4.78 is 51.4. The van der Waals surface area contributed by atoms with Crippen molar-refractivity contribution in [1.82, 2.24) is 25.5 Å². The van der Waals surface area contributed by atoms with Crippen molar-refractivity contribution in [3.63, 3.8) is 0 Å². The Morgan fingerprint density at radius 1 is 1.28 bits per heavy atom. The number of amides is 1. The van der Waals surface area contributed by atoms with Crippen LogP contribution < -0.4 is 11.1 Å². The predicted octanol–water partition coefficient (Wildman–Crippen LogP) is 2.02. The van der Waals surface area contributed by atoms with Crippen molar-refractivity contribution in [2.24, 2.45) is 0 Å². The number of nitrogens with one attached hydrogen (secondary N) is 2. The van der Waals surface area contributed by atoms with Crippen molar-refractivity contribution >= 4 is 22.8 Å². The standard InChI is InChI=1S/C14H10F4N6O/c15-8-2-1-6(3-7(8)14(16,17)18)4-20-13(25)11-9-10(21-5-22-11)12(19)24-23-9/h1-3,5H,4H2,(H,20,25)(H3,19,23,24). The molecule has 0 saturated carbocycles. The minimum Gasteiger partial charge on any atom is -0.380 e. The van der Waals surface area contributed by atoms with Crippen LogP contribution in [0.5, 0.6) is 0 Å². The van der Waals surface area contributed by atoms with Gasteiger partial charge in [-0.05, 0) is 17.7 Å². The number of halogens is 4. The molecule has 0 aliphatic heterocycles. The maximum Gasteiger partial charge on any atom is 0.419 e. The first-order valence-corrected chi connectivity index (χ1v) is 6.85. The maximum absolute atomic E-state index is 13.3. The Kier molecular flexibility index (Phi) is 3.99. The summed E-state index contributed by atoms with van der Waals surface area (Å²) in [5, 5.41) is 8.63. The Hall–Kier alpha value is -3.24. The van der Waals surface area contributed by atoms with E-state index >= 15 is 0 Å². The van der Waals surface area contributed by atoms with E-state index in [0.717, 1.165) is 12.4 Å². The number of carbonyl (C=O) groups excluding carboxylic acids is 1. The van der Waals surface area contributed by atoms with Gasteiger partial charge in [-0.25, -0.2) is 14.4 Å². The van der Waals surface area contributed by atoms with Gasteiger partial charge in [-0.1, -0.05) is 6.07 Å². The molecule has 0 bridgehead atoms. The molecule has 0 radical (unpaired) electrons. The third-order valence-electron chi connectivity index (χ3n) is 3.38. The molecule has 0 aliphatic carbocycles. The van der Waals surface area contributed by atoms with Crippen LogP contribution in [0, 0.1) is 5.82 Å². The van der Waals surface area contributed by atoms with E-state index in [9.17, 15) is 22.4 Å². The third-order valence-corrected chi connectivity index (χ3v) is 3.38. The molecule has 0 spiro atoms. The van der Waals surface area contributed by atoms with E-state index < -0.39 is 23.5 Å². The SMILES string of the molecule is Nc1n[nH]c2c(C(=O)NCc3ccc(F)c(C(F)(F)F)c3)ncnc12. The van der Waals surface area contributed by atoms with Crippen molar-refractivity contribution in [2.75, 3.05) is 5.73 Å². The highest BCUT2D eigenvalue weighted by molar-refractivity contribution is 6.04. The van der Waals surface area contributed by atoms with Gasteiger partial charge in [0, 0.05) is 6.54 Å². The number of H-pyrrole nitrogens is 1. The number of nitrogens with two attached hydrogens (primary N) is 1. The summed E-state index contributed by atoms with van der Waals surface area (Å²) in [5.74, 6) is -1.97. The van der Waals surface area contributed by atoms with Gasteiger partial charge in [-0.15, -0.1) is 0 Å². The summed E-state index contributed by atoms with van der Waals surface area (Å²) in [5.41, 5.74) is 4.65. The normalized spacial score (nSPS) is 11.7. The van der Waals surface area contributed by atoms with Crippen LogP contribution in [0.4, 0.5) is 23.4 Å². The molecule has 11 heteroatoms. The van der Waals surface area contributed by atoms with Gasteiger partial charge in [-0.3, -0.25) is 9.89 Å². The summed E-state index contributed by atoms with van der Waals surface area (Å²) >= 11 is 0. The number of fused-ring (bicyclic) bond motifs is 1. The molecule has 0 aliphatic rings. The lowest BCUT2D eigenvalue weighted by Crippen LogP contribution is -2.24. The Bertz CT molecular complexity index is 952. The van der Waals surface area contributed by atoms with Crippen LogP contribution in [0.15, 0.2) is 24.5 Å². The highest BCUT2D eigenvalue weighted by atomic mass is 19.4. The van der Waals surface area contributed by atoms with Crippen LogP contribution in [-0.2, 0) is 12.7 Å². The molecule has 130 valence electrons. The predicted molar refractivity (Wildman–Crippen MR) is 78.7 cm³/mol. The number of nitrogen functional groups attached to an aromatic ring is 1. The first-order chi connectivity index (χ1) is 11.8. The van der Waals surface area contributed by atoms with Crippen LogP contribution in [0.25, 0.3) is 11.0 Å². The number of aromatic nitrogens is 4. The number of hydrogen-bond donors (Lipinski definition) is 3. The molecule has 4 N–H and O–H groups in total. The molecular formula is C14H10F4N6O. The zero-order chi connectivity index (χ0) is 18.2. The monoisotopic (exact) mass is 354 g/mol.